The van der Waals surface area contributed by atoms with Crippen molar-refractivity contribution in [2.75, 3.05) is 0 Å². The molecule has 2 atom stereocenters. The Hall–Kier alpha value is -1.95. The number of hydrogen-bond donors (Lipinski definition) is 1. The fourth-order valence-corrected chi connectivity index (χ4v) is 5.45. The second-order valence-corrected chi connectivity index (χ2v) is 9.18. The Morgan fingerprint density at radius 1 is 1.11 bits per heavy atom. The maximum atomic E-state index is 13.2. The van der Waals surface area contributed by atoms with Gasteiger partial charge in [0.05, 0.1) is 11.6 Å². The Labute approximate surface area is 159 Å². The van der Waals surface area contributed by atoms with Crippen molar-refractivity contribution < 1.29 is 19.1 Å². The molecule has 2 amide bonds. The fourth-order valence-electron chi connectivity index (χ4n) is 5.45. The van der Waals surface area contributed by atoms with Gasteiger partial charge >= 0.3 is 0 Å². The normalized spacial score (nSPS) is 35.0. The second-order valence-electron chi connectivity index (χ2n) is 9.18. The van der Waals surface area contributed by atoms with Crippen LogP contribution in [0.15, 0.2) is 24.3 Å². The van der Waals surface area contributed by atoms with Gasteiger partial charge in [-0.3, -0.25) is 9.59 Å². The monoisotopic (exact) mass is 374 g/mol. The molecule has 2 aliphatic carbocycles. The Bertz CT molecular complexity index is 758. The maximum absolute atomic E-state index is 13.2. The zero-order valence-electron chi connectivity index (χ0n) is 16.1. The quantitative estimate of drug-likeness (QED) is 0.865. The third-order valence-corrected chi connectivity index (χ3v) is 6.56. The second kappa shape index (κ2) is 6.03. The zero-order chi connectivity index (χ0) is 19.6. The number of rotatable bonds is 2. The van der Waals surface area contributed by atoms with E-state index >= 15 is 0 Å². The van der Waals surface area contributed by atoms with Crippen LogP contribution in [0.25, 0.3) is 0 Å². The molecule has 2 saturated carbocycles. The topological polar surface area (TPSA) is 60.9 Å². The molecule has 1 aromatic rings. The highest BCUT2D eigenvalue weighted by Gasteiger charge is 2.61. The molecule has 2 bridgehead atoms. The van der Waals surface area contributed by atoms with Crippen molar-refractivity contribution in [2.24, 2.45) is 11.8 Å². The molecule has 1 heterocycles. The summed E-state index contributed by atoms with van der Waals surface area (Å²) in [6.45, 7) is 5.38. The molecule has 3 aliphatic rings. The highest BCUT2D eigenvalue weighted by Crippen LogP contribution is 2.50. The Balaban J connectivity index is 1.66. The third-order valence-electron chi connectivity index (χ3n) is 6.56. The standard InChI is InChI=1S/C21H27FN2O3/c1-20(2)19(26)23(24(20)18(25)13-7-9-16(22)10-8-13)17-14-5-4-6-15(17)12-21(3,27)11-14/h7-10,14-15,17,27H,4-6,11-12H2,1-3H3. The van der Waals surface area contributed by atoms with Crippen LogP contribution in [0.3, 0.4) is 0 Å². The number of benzene rings is 1. The molecule has 1 saturated heterocycles. The molecule has 2 unspecified atom stereocenters. The summed E-state index contributed by atoms with van der Waals surface area (Å²) in [5, 5.41) is 13.8. The molecule has 1 N–H and O–H groups in total. The minimum absolute atomic E-state index is 0.0519. The first-order valence-corrected chi connectivity index (χ1v) is 9.78. The van der Waals surface area contributed by atoms with Gasteiger partial charge in [0.15, 0.2) is 0 Å². The summed E-state index contributed by atoms with van der Waals surface area (Å²) in [4.78, 5) is 26.1. The van der Waals surface area contributed by atoms with Crippen LogP contribution in [0.2, 0.25) is 0 Å². The minimum atomic E-state index is -0.917. The van der Waals surface area contributed by atoms with E-state index in [-0.39, 0.29) is 29.7 Å². The summed E-state index contributed by atoms with van der Waals surface area (Å²) in [7, 11) is 0. The number of nitrogens with zero attached hydrogens (tertiary/aromatic N) is 2. The van der Waals surface area contributed by atoms with Crippen molar-refractivity contribution in [3.05, 3.63) is 35.6 Å². The Morgan fingerprint density at radius 3 is 2.22 bits per heavy atom. The van der Waals surface area contributed by atoms with Crippen molar-refractivity contribution in [2.45, 2.75) is 70.1 Å². The van der Waals surface area contributed by atoms with E-state index in [0.717, 1.165) is 19.3 Å². The van der Waals surface area contributed by atoms with Crippen molar-refractivity contribution in [3.63, 3.8) is 0 Å². The molecule has 1 aliphatic heterocycles. The third kappa shape index (κ3) is 2.85. The van der Waals surface area contributed by atoms with Crippen LogP contribution in [0.5, 0.6) is 0 Å². The number of carbonyl (C=O) groups excluding carboxylic acids is 2. The van der Waals surface area contributed by atoms with Crippen LogP contribution in [-0.4, -0.2) is 44.1 Å². The van der Waals surface area contributed by atoms with Crippen molar-refractivity contribution in [1.29, 1.82) is 0 Å². The van der Waals surface area contributed by atoms with Crippen LogP contribution < -0.4 is 0 Å². The fraction of sp³-hybridized carbons (Fsp3) is 0.619. The summed E-state index contributed by atoms with van der Waals surface area (Å²) in [5.41, 5.74) is -1.25. The molecule has 3 fully saturated rings. The average Bonchev–Trinajstić information content (AvgIpc) is 2.58. The van der Waals surface area contributed by atoms with Gasteiger partial charge in [-0.05, 0) is 82.6 Å². The van der Waals surface area contributed by atoms with Crippen molar-refractivity contribution in [3.8, 4) is 0 Å². The zero-order valence-corrected chi connectivity index (χ0v) is 16.1. The van der Waals surface area contributed by atoms with E-state index < -0.39 is 17.0 Å². The van der Waals surface area contributed by atoms with E-state index in [4.69, 9.17) is 0 Å². The van der Waals surface area contributed by atoms with E-state index in [1.807, 2.05) is 6.92 Å². The molecule has 146 valence electrons. The number of fused-ring (bicyclic) bond motifs is 2. The average molecular weight is 374 g/mol. The smallest absolute Gasteiger partial charge is 0.273 e. The van der Waals surface area contributed by atoms with Gasteiger partial charge in [0, 0.05) is 5.56 Å². The molecule has 6 heteroatoms. The van der Waals surface area contributed by atoms with Gasteiger partial charge in [0.25, 0.3) is 11.8 Å². The molecular weight excluding hydrogens is 347 g/mol. The van der Waals surface area contributed by atoms with Gasteiger partial charge in [-0.25, -0.2) is 14.4 Å². The number of aliphatic hydroxyl groups is 1. The Morgan fingerprint density at radius 2 is 1.67 bits per heavy atom. The number of hydrazine groups is 1. The van der Waals surface area contributed by atoms with Gasteiger partial charge in [0.2, 0.25) is 0 Å². The lowest BCUT2D eigenvalue weighted by Crippen LogP contribution is -2.80. The summed E-state index contributed by atoms with van der Waals surface area (Å²) >= 11 is 0. The number of amides is 2. The first kappa shape index (κ1) is 18.4. The van der Waals surface area contributed by atoms with Crippen LogP contribution in [0.1, 0.15) is 63.2 Å². The summed E-state index contributed by atoms with van der Waals surface area (Å²) in [5.74, 6) is -0.352. The molecule has 0 aromatic heterocycles. The number of hydrogen-bond acceptors (Lipinski definition) is 3. The lowest BCUT2D eigenvalue weighted by Gasteiger charge is -2.63. The molecule has 27 heavy (non-hydrogen) atoms. The van der Waals surface area contributed by atoms with Crippen LogP contribution in [-0.2, 0) is 4.79 Å². The number of carbonyl (C=O) groups is 2. The van der Waals surface area contributed by atoms with Gasteiger partial charge < -0.3 is 5.11 Å². The van der Waals surface area contributed by atoms with E-state index in [1.165, 1.54) is 24.3 Å². The first-order valence-electron chi connectivity index (χ1n) is 9.78. The van der Waals surface area contributed by atoms with E-state index in [0.29, 0.717) is 18.4 Å². The molecule has 1 aromatic carbocycles. The van der Waals surface area contributed by atoms with Gasteiger partial charge in [-0.15, -0.1) is 0 Å². The SMILES string of the molecule is CC1(O)CC2CCCC(C1)C2N1C(=O)C(C)(C)N1C(=O)c1ccc(F)cc1. The molecule has 0 radical (unpaired) electrons. The van der Waals surface area contributed by atoms with E-state index in [9.17, 15) is 19.1 Å². The van der Waals surface area contributed by atoms with Gasteiger partial charge in [-0.1, -0.05) is 6.42 Å². The molecule has 0 spiro atoms. The van der Waals surface area contributed by atoms with E-state index in [2.05, 4.69) is 0 Å². The Kier molecular flexibility index (Phi) is 4.11. The lowest BCUT2D eigenvalue weighted by molar-refractivity contribution is -0.229. The number of halogens is 1. The van der Waals surface area contributed by atoms with Crippen LogP contribution >= 0.6 is 0 Å². The summed E-state index contributed by atoms with van der Waals surface area (Å²) in [6.07, 6.45) is 4.31. The van der Waals surface area contributed by atoms with Crippen molar-refractivity contribution >= 4 is 11.8 Å². The molecular formula is C21H27FN2O3. The van der Waals surface area contributed by atoms with Crippen LogP contribution in [0.4, 0.5) is 4.39 Å². The molecule has 5 nitrogen and oxygen atoms in total. The lowest BCUT2D eigenvalue weighted by atomic mass is 9.62. The first-order chi connectivity index (χ1) is 12.6. The highest BCUT2D eigenvalue weighted by atomic mass is 19.1. The summed E-state index contributed by atoms with van der Waals surface area (Å²) in [6, 6.07) is 5.39. The molecule has 4 rings (SSSR count). The predicted molar refractivity (Wildman–Crippen MR) is 98.0 cm³/mol. The minimum Gasteiger partial charge on any atom is -0.390 e. The maximum Gasteiger partial charge on any atom is 0.273 e. The largest absolute Gasteiger partial charge is 0.390 e. The van der Waals surface area contributed by atoms with Crippen molar-refractivity contribution in [1.82, 2.24) is 10.0 Å². The van der Waals surface area contributed by atoms with Gasteiger partial charge in [0.1, 0.15) is 11.4 Å². The van der Waals surface area contributed by atoms with Crippen LogP contribution in [0, 0.1) is 17.7 Å². The predicted octanol–water partition coefficient (Wildman–Crippen LogP) is 3.13. The highest BCUT2D eigenvalue weighted by molar-refractivity contribution is 6.04. The van der Waals surface area contributed by atoms with E-state index in [1.54, 1.807) is 23.9 Å². The van der Waals surface area contributed by atoms with Gasteiger partial charge in [-0.2, -0.15) is 0 Å². The summed E-state index contributed by atoms with van der Waals surface area (Å²) < 4.78 is 13.2.